The van der Waals surface area contributed by atoms with Crippen molar-refractivity contribution in [3.63, 3.8) is 0 Å². The molecule has 3 nitrogen and oxygen atoms in total. The largest absolute Gasteiger partial charge is 0.461 e. The lowest BCUT2D eigenvalue weighted by Gasteiger charge is -2.16. The van der Waals surface area contributed by atoms with Gasteiger partial charge in [0, 0.05) is 17.1 Å². The van der Waals surface area contributed by atoms with Crippen LogP contribution < -0.4 is 5.73 Å². The molecule has 4 heteroatoms. The van der Waals surface area contributed by atoms with Crippen LogP contribution in [-0.4, -0.2) is 12.5 Å². The van der Waals surface area contributed by atoms with E-state index in [0.29, 0.717) is 17.5 Å². The molecule has 0 saturated heterocycles. The van der Waals surface area contributed by atoms with Gasteiger partial charge in [0.25, 0.3) is 0 Å². The fourth-order valence-electron chi connectivity index (χ4n) is 1.74. The van der Waals surface area contributed by atoms with Crippen LogP contribution in [0.3, 0.4) is 0 Å². The number of halogens is 1. The molecule has 0 aliphatic rings. The summed E-state index contributed by atoms with van der Waals surface area (Å²) in [4.78, 5) is 11.8. The summed E-state index contributed by atoms with van der Waals surface area (Å²) in [6.07, 6.45) is 0.748. The molecule has 18 heavy (non-hydrogen) atoms. The van der Waals surface area contributed by atoms with Crippen LogP contribution in [0, 0.1) is 11.8 Å². The molecule has 0 amide bonds. The number of hydrogen-bond acceptors (Lipinski definition) is 3. The minimum Gasteiger partial charge on any atom is -0.461 e. The highest BCUT2D eigenvalue weighted by Crippen LogP contribution is 2.18. The molecule has 2 N–H and O–H groups in total. The lowest BCUT2D eigenvalue weighted by atomic mass is 9.97. The summed E-state index contributed by atoms with van der Waals surface area (Å²) in [6.45, 7) is 4.64. The molecule has 0 heterocycles. The first-order valence-corrected chi connectivity index (χ1v) is 6.52. The van der Waals surface area contributed by atoms with Crippen LogP contribution in [-0.2, 0) is 16.1 Å². The highest BCUT2D eigenvalue weighted by atomic mass is 35.5. The van der Waals surface area contributed by atoms with Gasteiger partial charge in [0.1, 0.15) is 6.61 Å². The van der Waals surface area contributed by atoms with Gasteiger partial charge < -0.3 is 10.5 Å². The maximum atomic E-state index is 11.8. The average Bonchev–Trinajstić information content (AvgIpc) is 2.34. The Balaban J connectivity index is 2.52. The van der Waals surface area contributed by atoms with Gasteiger partial charge in [-0.15, -0.1) is 0 Å². The van der Waals surface area contributed by atoms with Crippen molar-refractivity contribution in [3.05, 3.63) is 34.9 Å². The van der Waals surface area contributed by atoms with E-state index in [9.17, 15) is 4.79 Å². The first-order valence-electron chi connectivity index (χ1n) is 6.14. The van der Waals surface area contributed by atoms with Gasteiger partial charge in [0.2, 0.25) is 0 Å². The van der Waals surface area contributed by atoms with Gasteiger partial charge in [-0.25, -0.2) is 0 Å². The summed E-state index contributed by atoms with van der Waals surface area (Å²) in [7, 11) is 0. The van der Waals surface area contributed by atoms with Crippen molar-refractivity contribution in [2.75, 3.05) is 6.54 Å². The first kappa shape index (κ1) is 15.0. The molecule has 1 rings (SSSR count). The van der Waals surface area contributed by atoms with Crippen molar-refractivity contribution >= 4 is 17.6 Å². The Kier molecular flexibility index (Phi) is 6.16. The minimum absolute atomic E-state index is 0.201. The Morgan fingerprint density at radius 2 is 2.06 bits per heavy atom. The molecule has 0 aliphatic heterocycles. The maximum Gasteiger partial charge on any atom is 0.310 e. The number of rotatable bonds is 6. The van der Waals surface area contributed by atoms with Crippen LogP contribution >= 0.6 is 11.6 Å². The standard InChI is InChI=1S/C14H20ClNO2/c1-10(2)7-12(8-16)14(17)18-9-11-5-3-4-6-13(11)15/h3-6,10,12H,7-9,16H2,1-2H3. The third-order valence-electron chi connectivity index (χ3n) is 2.70. The van der Waals surface area contributed by atoms with E-state index in [1.54, 1.807) is 6.07 Å². The number of benzene rings is 1. The number of ether oxygens (including phenoxy) is 1. The van der Waals surface area contributed by atoms with Gasteiger partial charge in [0.05, 0.1) is 5.92 Å². The van der Waals surface area contributed by atoms with E-state index in [2.05, 4.69) is 13.8 Å². The third kappa shape index (κ3) is 4.67. The predicted octanol–water partition coefficient (Wildman–Crippen LogP) is 3.00. The van der Waals surface area contributed by atoms with Crippen LogP contribution in [0.1, 0.15) is 25.8 Å². The van der Waals surface area contributed by atoms with E-state index in [4.69, 9.17) is 22.1 Å². The molecule has 0 spiro atoms. The van der Waals surface area contributed by atoms with Crippen molar-refractivity contribution in [2.45, 2.75) is 26.9 Å². The highest BCUT2D eigenvalue weighted by molar-refractivity contribution is 6.31. The van der Waals surface area contributed by atoms with E-state index >= 15 is 0 Å². The Hall–Kier alpha value is -1.06. The van der Waals surface area contributed by atoms with Crippen molar-refractivity contribution in [3.8, 4) is 0 Å². The van der Waals surface area contributed by atoms with Crippen molar-refractivity contribution < 1.29 is 9.53 Å². The van der Waals surface area contributed by atoms with Crippen LogP contribution in [0.15, 0.2) is 24.3 Å². The molecule has 0 fully saturated rings. The van der Waals surface area contributed by atoms with Gasteiger partial charge in [-0.1, -0.05) is 43.6 Å². The maximum absolute atomic E-state index is 11.8. The summed E-state index contributed by atoms with van der Waals surface area (Å²) in [6, 6.07) is 7.33. The molecule has 100 valence electrons. The molecule has 0 aliphatic carbocycles. The van der Waals surface area contributed by atoms with Crippen LogP contribution in [0.5, 0.6) is 0 Å². The normalized spacial score (nSPS) is 12.5. The fourth-order valence-corrected chi connectivity index (χ4v) is 1.93. The number of nitrogens with two attached hydrogens (primary N) is 1. The first-order chi connectivity index (χ1) is 8.54. The Morgan fingerprint density at radius 3 is 2.61 bits per heavy atom. The Morgan fingerprint density at radius 1 is 1.39 bits per heavy atom. The fraction of sp³-hybridized carbons (Fsp3) is 0.500. The molecule has 0 saturated carbocycles. The van der Waals surface area contributed by atoms with Gasteiger partial charge in [-0.3, -0.25) is 4.79 Å². The zero-order valence-corrected chi connectivity index (χ0v) is 11.6. The van der Waals surface area contributed by atoms with E-state index in [-0.39, 0.29) is 18.5 Å². The topological polar surface area (TPSA) is 52.3 Å². The highest BCUT2D eigenvalue weighted by Gasteiger charge is 2.19. The molecule has 1 atom stereocenters. The summed E-state index contributed by atoms with van der Waals surface area (Å²) in [5.74, 6) is -0.0509. The van der Waals surface area contributed by atoms with E-state index in [1.807, 2.05) is 18.2 Å². The lowest BCUT2D eigenvalue weighted by Crippen LogP contribution is -2.27. The van der Waals surface area contributed by atoms with E-state index in [1.165, 1.54) is 0 Å². The van der Waals surface area contributed by atoms with Crippen molar-refractivity contribution in [2.24, 2.45) is 17.6 Å². The van der Waals surface area contributed by atoms with Crippen LogP contribution in [0.4, 0.5) is 0 Å². The molecule has 1 unspecified atom stereocenters. The smallest absolute Gasteiger partial charge is 0.310 e. The zero-order valence-electron chi connectivity index (χ0n) is 10.9. The summed E-state index contributed by atoms with van der Waals surface area (Å²) >= 11 is 5.99. The Labute approximate surface area is 113 Å². The number of carbonyl (C=O) groups excluding carboxylic acids is 1. The van der Waals surface area contributed by atoms with Gasteiger partial charge in [-0.2, -0.15) is 0 Å². The molecule has 1 aromatic rings. The summed E-state index contributed by atoms with van der Waals surface area (Å²) in [5, 5.41) is 0.610. The van der Waals surface area contributed by atoms with E-state index in [0.717, 1.165) is 12.0 Å². The van der Waals surface area contributed by atoms with Crippen molar-refractivity contribution in [1.82, 2.24) is 0 Å². The monoisotopic (exact) mass is 269 g/mol. The van der Waals surface area contributed by atoms with Crippen LogP contribution in [0.2, 0.25) is 5.02 Å². The molecule has 1 aromatic carbocycles. The molecule has 0 bridgehead atoms. The van der Waals surface area contributed by atoms with Crippen LogP contribution in [0.25, 0.3) is 0 Å². The van der Waals surface area contributed by atoms with Crippen molar-refractivity contribution in [1.29, 1.82) is 0 Å². The predicted molar refractivity (Wildman–Crippen MR) is 73.2 cm³/mol. The molecular weight excluding hydrogens is 250 g/mol. The molecule has 0 aromatic heterocycles. The summed E-state index contributed by atoms with van der Waals surface area (Å²) in [5.41, 5.74) is 6.41. The summed E-state index contributed by atoms with van der Waals surface area (Å²) < 4.78 is 5.26. The second kappa shape index (κ2) is 7.39. The molecular formula is C14H20ClNO2. The van der Waals surface area contributed by atoms with Gasteiger partial charge in [-0.05, 0) is 18.4 Å². The second-order valence-electron chi connectivity index (χ2n) is 4.76. The number of esters is 1. The second-order valence-corrected chi connectivity index (χ2v) is 5.17. The molecule has 0 radical (unpaired) electrons. The Bertz CT molecular complexity index is 393. The third-order valence-corrected chi connectivity index (χ3v) is 3.07. The number of carbonyl (C=O) groups is 1. The SMILES string of the molecule is CC(C)CC(CN)C(=O)OCc1ccccc1Cl. The number of hydrogen-bond donors (Lipinski definition) is 1. The van der Waals surface area contributed by atoms with Gasteiger partial charge in [0.15, 0.2) is 0 Å². The zero-order chi connectivity index (χ0) is 13.5. The average molecular weight is 270 g/mol. The minimum atomic E-state index is -0.244. The van der Waals surface area contributed by atoms with Gasteiger partial charge >= 0.3 is 5.97 Å². The van der Waals surface area contributed by atoms with E-state index < -0.39 is 0 Å². The lowest BCUT2D eigenvalue weighted by molar-refractivity contribution is -0.150. The quantitative estimate of drug-likeness (QED) is 0.808.